The van der Waals surface area contributed by atoms with E-state index in [2.05, 4.69) is 62.1 Å². The van der Waals surface area contributed by atoms with Gasteiger partial charge in [-0.25, -0.2) is 4.98 Å². The third-order valence-electron chi connectivity index (χ3n) is 3.13. The Morgan fingerprint density at radius 1 is 1.28 bits per heavy atom. The van der Waals surface area contributed by atoms with E-state index in [9.17, 15) is 0 Å². The molecule has 0 spiro atoms. The number of hydrogen-bond donors (Lipinski definition) is 1. The standard InChI is InChI=1S/C15H27N3/c1-6-10-16-14-8-7-9-15(17-14)18(5)13(4)11-12(2)3/h7-9,12-13H,6,10-11H2,1-5H3,(H,16,17). The maximum atomic E-state index is 4.65. The average Bonchev–Trinajstić information content (AvgIpc) is 2.35. The van der Waals surface area contributed by atoms with Crippen LogP contribution >= 0.6 is 0 Å². The maximum Gasteiger partial charge on any atom is 0.130 e. The molecule has 18 heavy (non-hydrogen) atoms. The molecular formula is C15H27N3. The highest BCUT2D eigenvalue weighted by atomic mass is 15.2. The molecule has 3 heteroatoms. The zero-order chi connectivity index (χ0) is 13.5. The largest absolute Gasteiger partial charge is 0.370 e. The lowest BCUT2D eigenvalue weighted by atomic mass is 10.0. The summed E-state index contributed by atoms with van der Waals surface area (Å²) in [6.07, 6.45) is 2.30. The molecule has 1 rings (SSSR count). The highest BCUT2D eigenvalue weighted by Gasteiger charge is 2.12. The van der Waals surface area contributed by atoms with Crippen molar-refractivity contribution in [2.75, 3.05) is 23.8 Å². The predicted octanol–water partition coefficient (Wildman–Crippen LogP) is 3.77. The van der Waals surface area contributed by atoms with Crippen molar-refractivity contribution in [2.45, 2.75) is 46.6 Å². The van der Waals surface area contributed by atoms with Crippen LogP contribution in [0.25, 0.3) is 0 Å². The molecule has 1 N–H and O–H groups in total. The second kappa shape index (κ2) is 7.24. The number of aromatic nitrogens is 1. The van der Waals surface area contributed by atoms with Crippen LogP contribution < -0.4 is 10.2 Å². The molecule has 0 fully saturated rings. The van der Waals surface area contributed by atoms with Crippen LogP contribution in [-0.2, 0) is 0 Å². The van der Waals surface area contributed by atoms with Crippen molar-refractivity contribution in [1.29, 1.82) is 0 Å². The van der Waals surface area contributed by atoms with E-state index in [1.54, 1.807) is 0 Å². The first-order valence-corrected chi connectivity index (χ1v) is 6.98. The third kappa shape index (κ3) is 4.55. The van der Waals surface area contributed by atoms with Crippen molar-refractivity contribution >= 4 is 11.6 Å². The van der Waals surface area contributed by atoms with Crippen LogP contribution in [0.2, 0.25) is 0 Å². The number of nitrogens with one attached hydrogen (secondary N) is 1. The quantitative estimate of drug-likeness (QED) is 0.797. The molecule has 1 aromatic heterocycles. The molecule has 0 amide bonds. The summed E-state index contributed by atoms with van der Waals surface area (Å²) in [7, 11) is 2.12. The van der Waals surface area contributed by atoms with E-state index < -0.39 is 0 Å². The molecular weight excluding hydrogens is 222 g/mol. The van der Waals surface area contributed by atoms with E-state index in [0.29, 0.717) is 12.0 Å². The van der Waals surface area contributed by atoms with Crippen LogP contribution in [0.1, 0.15) is 40.5 Å². The molecule has 0 aliphatic heterocycles. The van der Waals surface area contributed by atoms with Crippen LogP contribution in [0.5, 0.6) is 0 Å². The Bertz CT molecular complexity index is 349. The van der Waals surface area contributed by atoms with Gasteiger partial charge in [-0.1, -0.05) is 26.8 Å². The SMILES string of the molecule is CCCNc1cccc(N(C)C(C)CC(C)C)n1. The van der Waals surface area contributed by atoms with Gasteiger partial charge in [-0.2, -0.15) is 0 Å². The molecule has 0 radical (unpaired) electrons. The van der Waals surface area contributed by atoms with Crippen molar-refractivity contribution in [3.63, 3.8) is 0 Å². The molecule has 0 aliphatic carbocycles. The van der Waals surface area contributed by atoms with Crippen molar-refractivity contribution < 1.29 is 0 Å². The zero-order valence-electron chi connectivity index (χ0n) is 12.4. The van der Waals surface area contributed by atoms with E-state index in [1.165, 1.54) is 6.42 Å². The smallest absolute Gasteiger partial charge is 0.130 e. The van der Waals surface area contributed by atoms with E-state index >= 15 is 0 Å². The average molecular weight is 249 g/mol. The lowest BCUT2D eigenvalue weighted by molar-refractivity contribution is 0.502. The molecule has 0 bridgehead atoms. The lowest BCUT2D eigenvalue weighted by Crippen LogP contribution is -2.30. The van der Waals surface area contributed by atoms with Gasteiger partial charge in [0, 0.05) is 19.6 Å². The summed E-state index contributed by atoms with van der Waals surface area (Å²) in [6.45, 7) is 9.91. The van der Waals surface area contributed by atoms with Crippen molar-refractivity contribution in [3.05, 3.63) is 18.2 Å². The summed E-state index contributed by atoms with van der Waals surface area (Å²) in [5.74, 6) is 2.73. The van der Waals surface area contributed by atoms with Crippen molar-refractivity contribution in [3.8, 4) is 0 Å². The zero-order valence-corrected chi connectivity index (χ0v) is 12.4. The van der Waals surface area contributed by atoms with Gasteiger partial charge in [0.2, 0.25) is 0 Å². The minimum atomic E-state index is 0.513. The van der Waals surface area contributed by atoms with Crippen LogP contribution in [0.15, 0.2) is 18.2 Å². The molecule has 0 aliphatic rings. The third-order valence-corrected chi connectivity index (χ3v) is 3.13. The predicted molar refractivity (Wildman–Crippen MR) is 80.3 cm³/mol. The molecule has 0 saturated heterocycles. The Morgan fingerprint density at radius 2 is 2.00 bits per heavy atom. The first-order valence-electron chi connectivity index (χ1n) is 6.98. The Kier molecular flexibility index (Phi) is 5.96. The highest BCUT2D eigenvalue weighted by Crippen LogP contribution is 2.18. The van der Waals surface area contributed by atoms with Gasteiger partial charge in [-0.3, -0.25) is 0 Å². The number of rotatable bonds is 7. The van der Waals surface area contributed by atoms with Gasteiger partial charge >= 0.3 is 0 Å². The van der Waals surface area contributed by atoms with E-state index in [0.717, 1.165) is 24.6 Å². The maximum absolute atomic E-state index is 4.65. The van der Waals surface area contributed by atoms with E-state index in [1.807, 2.05) is 6.07 Å². The van der Waals surface area contributed by atoms with E-state index in [4.69, 9.17) is 0 Å². The van der Waals surface area contributed by atoms with Gasteiger partial charge in [0.15, 0.2) is 0 Å². The normalized spacial score (nSPS) is 12.6. The van der Waals surface area contributed by atoms with Crippen molar-refractivity contribution in [1.82, 2.24) is 4.98 Å². The molecule has 1 unspecified atom stereocenters. The van der Waals surface area contributed by atoms with Crippen molar-refractivity contribution in [2.24, 2.45) is 5.92 Å². The van der Waals surface area contributed by atoms with Crippen LogP contribution in [0.4, 0.5) is 11.6 Å². The minimum Gasteiger partial charge on any atom is -0.370 e. The molecule has 0 aromatic carbocycles. The first-order chi connectivity index (χ1) is 8.54. The summed E-state index contributed by atoms with van der Waals surface area (Å²) in [6, 6.07) is 6.69. The van der Waals surface area contributed by atoms with Gasteiger partial charge in [0.05, 0.1) is 0 Å². The Balaban J connectivity index is 2.69. The number of anilines is 2. The highest BCUT2D eigenvalue weighted by molar-refractivity contribution is 5.47. The van der Waals surface area contributed by atoms with Crippen LogP contribution in [0, 0.1) is 5.92 Å². The number of nitrogens with zero attached hydrogens (tertiary/aromatic N) is 2. The number of pyridine rings is 1. The summed E-state index contributed by atoms with van der Waals surface area (Å²) in [5, 5.41) is 3.33. The topological polar surface area (TPSA) is 28.2 Å². The fourth-order valence-corrected chi connectivity index (χ4v) is 2.04. The molecule has 1 heterocycles. The van der Waals surface area contributed by atoms with Gasteiger partial charge in [-0.15, -0.1) is 0 Å². The fourth-order valence-electron chi connectivity index (χ4n) is 2.04. The molecule has 102 valence electrons. The van der Waals surface area contributed by atoms with Gasteiger partial charge < -0.3 is 10.2 Å². The summed E-state index contributed by atoms with van der Waals surface area (Å²) in [4.78, 5) is 6.91. The summed E-state index contributed by atoms with van der Waals surface area (Å²) in [5.41, 5.74) is 0. The second-order valence-electron chi connectivity index (χ2n) is 5.40. The van der Waals surface area contributed by atoms with Gasteiger partial charge in [0.25, 0.3) is 0 Å². The van der Waals surface area contributed by atoms with Crippen LogP contribution in [-0.4, -0.2) is 24.6 Å². The number of hydrogen-bond acceptors (Lipinski definition) is 3. The summed E-state index contributed by atoms with van der Waals surface area (Å²) < 4.78 is 0. The van der Waals surface area contributed by atoms with Gasteiger partial charge in [0.1, 0.15) is 11.6 Å². The molecule has 3 nitrogen and oxygen atoms in total. The Labute approximate surface area is 112 Å². The van der Waals surface area contributed by atoms with Crippen LogP contribution in [0.3, 0.4) is 0 Å². The fraction of sp³-hybridized carbons (Fsp3) is 0.667. The summed E-state index contributed by atoms with van der Waals surface area (Å²) >= 11 is 0. The monoisotopic (exact) mass is 249 g/mol. The molecule has 1 aromatic rings. The Hall–Kier alpha value is -1.25. The minimum absolute atomic E-state index is 0.513. The van der Waals surface area contributed by atoms with Gasteiger partial charge in [-0.05, 0) is 37.8 Å². The second-order valence-corrected chi connectivity index (χ2v) is 5.40. The Morgan fingerprint density at radius 3 is 2.61 bits per heavy atom. The first kappa shape index (κ1) is 14.8. The molecule has 1 atom stereocenters. The van der Waals surface area contributed by atoms with E-state index in [-0.39, 0.29) is 0 Å². The lowest BCUT2D eigenvalue weighted by Gasteiger charge is -2.27. The molecule has 0 saturated carbocycles.